The predicted octanol–water partition coefficient (Wildman–Crippen LogP) is 6.43. The first-order chi connectivity index (χ1) is 16.6. The van der Waals surface area contributed by atoms with Crippen LogP contribution in [0.3, 0.4) is 0 Å². The van der Waals surface area contributed by atoms with Crippen LogP contribution in [-0.2, 0) is 13.0 Å². The molecule has 34 heavy (non-hydrogen) atoms. The molecule has 0 saturated heterocycles. The number of fused-ring (bicyclic) bond motifs is 2. The molecule has 0 spiro atoms. The summed E-state index contributed by atoms with van der Waals surface area (Å²) in [5.41, 5.74) is 6.14. The highest BCUT2D eigenvalue weighted by atomic mass is 16.5. The molecule has 0 N–H and O–H groups in total. The predicted molar refractivity (Wildman–Crippen MR) is 136 cm³/mol. The van der Waals surface area contributed by atoms with Gasteiger partial charge in [0.1, 0.15) is 18.1 Å². The van der Waals surface area contributed by atoms with Crippen molar-refractivity contribution in [1.29, 1.82) is 0 Å². The highest BCUT2D eigenvalue weighted by molar-refractivity contribution is 5.86. The summed E-state index contributed by atoms with van der Waals surface area (Å²) in [6.07, 6.45) is 3.02. The Morgan fingerprint density at radius 3 is 2.29 bits per heavy atom. The highest BCUT2D eigenvalue weighted by Gasteiger charge is 2.26. The minimum absolute atomic E-state index is 0.257. The van der Waals surface area contributed by atoms with Crippen LogP contribution in [0.2, 0.25) is 0 Å². The largest absolute Gasteiger partial charge is 0.477 e. The Hall–Kier alpha value is -3.37. The zero-order valence-electron chi connectivity index (χ0n) is 19.9. The van der Waals surface area contributed by atoms with Crippen molar-refractivity contribution < 1.29 is 9.15 Å². The molecule has 1 aromatic heterocycles. The number of hydrogen-bond acceptors (Lipinski definition) is 4. The molecule has 0 fully saturated rings. The highest BCUT2D eigenvalue weighted by Crippen LogP contribution is 2.37. The number of benzene rings is 3. The lowest BCUT2D eigenvalue weighted by molar-refractivity contribution is 0.0917. The van der Waals surface area contributed by atoms with E-state index >= 15 is 0 Å². The van der Waals surface area contributed by atoms with Crippen molar-refractivity contribution in [2.24, 2.45) is 0 Å². The smallest absolute Gasteiger partial charge is 0.336 e. The molecular weight excluding hydrogens is 422 g/mol. The molecule has 0 saturated carbocycles. The molecule has 174 valence electrons. The summed E-state index contributed by atoms with van der Waals surface area (Å²) in [6, 6.07) is 25.2. The van der Waals surface area contributed by atoms with Crippen LogP contribution in [0, 0.1) is 6.92 Å². The van der Waals surface area contributed by atoms with E-state index in [1.165, 1.54) is 11.1 Å². The third-order valence-corrected chi connectivity index (χ3v) is 6.81. The first kappa shape index (κ1) is 22.4. The van der Waals surface area contributed by atoms with Crippen LogP contribution in [0.5, 0.6) is 5.75 Å². The summed E-state index contributed by atoms with van der Waals surface area (Å²) in [7, 11) is 0. The van der Waals surface area contributed by atoms with Gasteiger partial charge in [-0.3, -0.25) is 4.90 Å². The summed E-state index contributed by atoms with van der Waals surface area (Å²) in [5.74, 6) is 1.11. The molecular formula is C30H31NO3. The average molecular weight is 454 g/mol. The van der Waals surface area contributed by atoms with Gasteiger partial charge in [-0.05, 0) is 42.5 Å². The van der Waals surface area contributed by atoms with Gasteiger partial charge in [0.05, 0.1) is 0 Å². The fourth-order valence-electron chi connectivity index (χ4n) is 5.06. The third kappa shape index (κ3) is 4.51. The van der Waals surface area contributed by atoms with Crippen LogP contribution in [0.25, 0.3) is 11.0 Å². The number of nitrogens with zero attached hydrogens (tertiary/aromatic N) is 1. The Bertz CT molecular complexity index is 1290. The Morgan fingerprint density at radius 2 is 1.65 bits per heavy atom. The molecule has 4 aromatic rings. The van der Waals surface area contributed by atoms with Gasteiger partial charge < -0.3 is 9.15 Å². The zero-order valence-corrected chi connectivity index (χ0v) is 19.9. The van der Waals surface area contributed by atoms with Gasteiger partial charge in [-0.15, -0.1) is 0 Å². The molecule has 2 heterocycles. The van der Waals surface area contributed by atoms with E-state index in [9.17, 15) is 4.79 Å². The Morgan fingerprint density at radius 1 is 0.971 bits per heavy atom. The molecule has 1 aliphatic heterocycles. The Balaban J connectivity index is 1.48. The summed E-state index contributed by atoms with van der Waals surface area (Å²) in [5, 5.41) is 1.04. The molecule has 0 atom stereocenters. The van der Waals surface area contributed by atoms with Crippen molar-refractivity contribution in [1.82, 2.24) is 4.90 Å². The summed E-state index contributed by atoms with van der Waals surface area (Å²) < 4.78 is 11.9. The van der Waals surface area contributed by atoms with E-state index in [1.54, 1.807) is 6.07 Å². The molecule has 1 aliphatic rings. The monoisotopic (exact) mass is 453 g/mol. The average Bonchev–Trinajstić information content (AvgIpc) is 2.87. The van der Waals surface area contributed by atoms with Crippen molar-refractivity contribution >= 4 is 11.0 Å². The Kier molecular flexibility index (Phi) is 6.50. The maximum absolute atomic E-state index is 12.2. The van der Waals surface area contributed by atoms with Gasteiger partial charge >= 0.3 is 5.63 Å². The second-order valence-corrected chi connectivity index (χ2v) is 9.22. The molecule has 5 rings (SSSR count). The summed E-state index contributed by atoms with van der Waals surface area (Å²) >= 11 is 0. The van der Waals surface area contributed by atoms with Gasteiger partial charge in [0.25, 0.3) is 0 Å². The lowest BCUT2D eigenvalue weighted by atomic mass is 9.90. The molecule has 0 amide bonds. The minimum Gasteiger partial charge on any atom is -0.477 e. The molecule has 4 heteroatoms. The van der Waals surface area contributed by atoms with E-state index in [0.717, 1.165) is 60.2 Å². The molecule has 0 radical (unpaired) electrons. The molecule has 4 nitrogen and oxygen atoms in total. The van der Waals surface area contributed by atoms with Crippen LogP contribution < -0.4 is 10.4 Å². The summed E-state index contributed by atoms with van der Waals surface area (Å²) in [6.45, 7) is 6.34. The molecule has 0 unspecified atom stereocenters. The van der Waals surface area contributed by atoms with Gasteiger partial charge in [-0.25, -0.2) is 4.79 Å². The first-order valence-electron chi connectivity index (χ1n) is 12.2. The van der Waals surface area contributed by atoms with Crippen LogP contribution in [0.4, 0.5) is 0 Å². The fraction of sp³-hybridized carbons (Fsp3) is 0.300. The van der Waals surface area contributed by atoms with E-state index in [1.807, 2.05) is 6.92 Å². The first-order valence-corrected chi connectivity index (χ1v) is 12.2. The molecule has 3 aromatic carbocycles. The molecule has 0 aliphatic carbocycles. The van der Waals surface area contributed by atoms with Gasteiger partial charge in [0.15, 0.2) is 0 Å². The minimum atomic E-state index is -0.285. The summed E-state index contributed by atoms with van der Waals surface area (Å²) in [4.78, 5) is 14.6. The van der Waals surface area contributed by atoms with Crippen molar-refractivity contribution in [3.63, 3.8) is 0 Å². The molecule has 0 bridgehead atoms. The van der Waals surface area contributed by atoms with E-state index in [2.05, 4.69) is 78.6 Å². The van der Waals surface area contributed by atoms with Crippen LogP contribution in [0.1, 0.15) is 53.5 Å². The van der Waals surface area contributed by atoms with Crippen molar-refractivity contribution in [2.45, 2.75) is 45.6 Å². The number of rotatable bonds is 7. The Labute approximate surface area is 200 Å². The number of unbranched alkanes of at least 4 members (excludes halogenated alkanes) is 1. The topological polar surface area (TPSA) is 42.7 Å². The number of hydrogen-bond donors (Lipinski definition) is 0. The van der Waals surface area contributed by atoms with E-state index < -0.39 is 0 Å². The van der Waals surface area contributed by atoms with E-state index in [0.29, 0.717) is 12.3 Å². The third-order valence-electron chi connectivity index (χ3n) is 6.81. The van der Waals surface area contributed by atoms with Crippen LogP contribution in [-0.4, -0.2) is 18.2 Å². The zero-order chi connectivity index (χ0) is 23.5. The number of ether oxygens (including phenoxy) is 1. The lowest BCUT2D eigenvalue weighted by Crippen LogP contribution is -2.35. The fourth-order valence-corrected chi connectivity index (χ4v) is 5.06. The normalized spacial score (nSPS) is 13.7. The van der Waals surface area contributed by atoms with Gasteiger partial charge in [-0.1, -0.05) is 74.0 Å². The standard InChI is InChI=1S/C30H31NO3/c1-3-4-11-24-17-28(32)34-30-21(2)29-25(16-26(24)30)18-31(20-33-29)19-27(22-12-7-5-8-13-22)23-14-9-6-10-15-23/h5-10,12-17,27H,3-4,11,18-20H2,1-2H3. The van der Waals surface area contributed by atoms with Gasteiger partial charge in [-0.2, -0.15) is 0 Å². The van der Waals surface area contributed by atoms with E-state index in [-0.39, 0.29) is 11.5 Å². The van der Waals surface area contributed by atoms with E-state index in [4.69, 9.17) is 9.15 Å². The van der Waals surface area contributed by atoms with Crippen molar-refractivity contribution in [3.05, 3.63) is 111 Å². The SMILES string of the molecule is CCCCc1cc(=O)oc2c(C)c3c(cc12)CN(CC(c1ccccc1)c1ccccc1)CO3. The van der Waals surface area contributed by atoms with Gasteiger partial charge in [0, 0.05) is 41.6 Å². The second-order valence-electron chi connectivity index (χ2n) is 9.22. The maximum atomic E-state index is 12.2. The van der Waals surface area contributed by atoms with Crippen LogP contribution >= 0.6 is 0 Å². The quantitative estimate of drug-likeness (QED) is 0.303. The lowest BCUT2D eigenvalue weighted by Gasteiger charge is -2.33. The second kappa shape index (κ2) is 9.86. The van der Waals surface area contributed by atoms with Crippen LogP contribution in [0.15, 0.2) is 82.0 Å². The number of aryl methyl sites for hydroxylation is 2. The van der Waals surface area contributed by atoms with Crippen molar-refractivity contribution in [2.75, 3.05) is 13.3 Å². The maximum Gasteiger partial charge on any atom is 0.336 e. The van der Waals surface area contributed by atoms with Gasteiger partial charge in [0.2, 0.25) is 0 Å². The van der Waals surface area contributed by atoms with Crippen molar-refractivity contribution in [3.8, 4) is 5.75 Å².